The van der Waals surface area contributed by atoms with Crippen LogP contribution in [0.1, 0.15) is 31.2 Å². The van der Waals surface area contributed by atoms with Crippen molar-refractivity contribution in [2.45, 2.75) is 44.6 Å². The Labute approximate surface area is 244 Å². The van der Waals surface area contributed by atoms with Gasteiger partial charge in [0.1, 0.15) is 0 Å². The van der Waals surface area contributed by atoms with E-state index >= 15 is 0 Å². The largest absolute Gasteiger partial charge is 0.490 e. The number of ether oxygens (including phenoxy) is 1. The molecule has 0 bridgehead atoms. The molecule has 2 atom stereocenters. The molecule has 3 saturated heterocycles. The maximum absolute atomic E-state index is 13.9. The van der Waals surface area contributed by atoms with E-state index in [1.165, 1.54) is 24.9 Å². The van der Waals surface area contributed by atoms with Gasteiger partial charge in [0, 0.05) is 64.6 Å². The summed E-state index contributed by atoms with van der Waals surface area (Å²) in [6.07, 6.45) is -1.15. The summed E-state index contributed by atoms with van der Waals surface area (Å²) in [5, 5.41) is 18.6. The van der Waals surface area contributed by atoms with Gasteiger partial charge < -0.3 is 24.7 Å². The van der Waals surface area contributed by atoms with Gasteiger partial charge in [-0.3, -0.25) is 14.4 Å². The second-order valence-electron chi connectivity index (χ2n) is 11.4. The highest BCUT2D eigenvalue weighted by atomic mass is 19.4. The van der Waals surface area contributed by atoms with Gasteiger partial charge in [-0.25, -0.2) is 9.59 Å². The number of morpholine rings is 1. The Hall–Kier alpha value is -2.92. The number of rotatable bonds is 5. The van der Waals surface area contributed by atoms with Gasteiger partial charge in [-0.15, -0.1) is 0 Å². The minimum Gasteiger partial charge on any atom is -0.475 e. The number of carboxylic acid groups (broad SMARTS) is 2. The van der Waals surface area contributed by atoms with Crippen LogP contribution in [0.15, 0.2) is 12.4 Å². The Morgan fingerprint density at radius 1 is 0.977 bits per heavy atom. The molecule has 1 saturated carbocycles. The van der Waals surface area contributed by atoms with Gasteiger partial charge in [0.05, 0.1) is 24.8 Å². The van der Waals surface area contributed by atoms with E-state index in [2.05, 4.69) is 26.0 Å². The first kappa shape index (κ1) is 34.6. The fraction of sp³-hybridized carbons (Fsp3) is 0.769. The minimum atomic E-state index is -5.08. The summed E-state index contributed by atoms with van der Waals surface area (Å²) in [5.74, 6) is -3.78. The van der Waals surface area contributed by atoms with Crippen molar-refractivity contribution in [3.63, 3.8) is 0 Å². The van der Waals surface area contributed by atoms with E-state index in [1.807, 2.05) is 17.9 Å². The summed E-state index contributed by atoms with van der Waals surface area (Å²) in [5.41, 5.74) is 1.02. The summed E-state index contributed by atoms with van der Waals surface area (Å²) >= 11 is 0. The molecule has 4 aliphatic rings. The van der Waals surface area contributed by atoms with Gasteiger partial charge >= 0.3 is 24.3 Å². The lowest BCUT2D eigenvalue weighted by atomic mass is 9.73. The highest BCUT2D eigenvalue weighted by Gasteiger charge is 2.54. The van der Waals surface area contributed by atoms with E-state index in [0.717, 1.165) is 64.6 Å². The summed E-state index contributed by atoms with van der Waals surface area (Å²) in [6.45, 7) is 9.14. The summed E-state index contributed by atoms with van der Waals surface area (Å²) in [6, 6.07) is 0. The normalized spacial score (nSPS) is 25.0. The zero-order chi connectivity index (χ0) is 32.0. The molecule has 17 heteroatoms. The molecule has 2 N–H and O–H groups in total. The van der Waals surface area contributed by atoms with Crippen molar-refractivity contribution in [2.24, 2.45) is 24.3 Å². The van der Waals surface area contributed by atoms with Crippen molar-refractivity contribution >= 4 is 17.8 Å². The van der Waals surface area contributed by atoms with Gasteiger partial charge in [-0.2, -0.15) is 31.4 Å². The second kappa shape index (κ2) is 14.2. The molecule has 0 radical (unpaired) electrons. The lowest BCUT2D eigenvalue weighted by Gasteiger charge is -2.39. The monoisotopic (exact) mass is 629 g/mol. The van der Waals surface area contributed by atoms with Crippen LogP contribution in [0.4, 0.5) is 26.3 Å². The molecule has 4 heterocycles. The fourth-order valence-electron chi connectivity index (χ4n) is 5.81. The molecule has 3 aliphatic heterocycles. The molecule has 0 unspecified atom stereocenters. The topological polar surface area (TPSA) is 128 Å². The van der Waals surface area contributed by atoms with Crippen molar-refractivity contribution in [3.05, 3.63) is 18.0 Å². The molecule has 0 aromatic carbocycles. The molecule has 4 fully saturated rings. The van der Waals surface area contributed by atoms with Crippen LogP contribution in [-0.2, 0) is 32.7 Å². The maximum atomic E-state index is 13.9. The Balaban J connectivity index is 0.000000303. The van der Waals surface area contributed by atoms with Crippen molar-refractivity contribution in [1.82, 2.24) is 24.5 Å². The third-order valence-corrected chi connectivity index (χ3v) is 7.93. The Bertz CT molecular complexity index is 1080. The van der Waals surface area contributed by atoms with E-state index in [0.29, 0.717) is 25.0 Å². The summed E-state index contributed by atoms with van der Waals surface area (Å²) < 4.78 is 70.9. The molecule has 5 rings (SSSR count). The fourth-order valence-corrected chi connectivity index (χ4v) is 5.81. The number of fused-ring (bicyclic) bond motifs is 1. The summed E-state index contributed by atoms with van der Waals surface area (Å²) in [7, 11) is 1.97. The lowest BCUT2D eigenvalue weighted by molar-refractivity contribution is -0.193. The molecule has 43 heavy (non-hydrogen) atoms. The molecule has 0 spiro atoms. The van der Waals surface area contributed by atoms with E-state index in [9.17, 15) is 31.1 Å². The molecule has 11 nitrogen and oxygen atoms in total. The Morgan fingerprint density at radius 3 is 2.02 bits per heavy atom. The Morgan fingerprint density at radius 2 is 1.53 bits per heavy atom. The first-order chi connectivity index (χ1) is 20.0. The van der Waals surface area contributed by atoms with Crippen LogP contribution in [0.2, 0.25) is 0 Å². The highest BCUT2D eigenvalue weighted by Crippen LogP contribution is 2.45. The van der Waals surface area contributed by atoms with Gasteiger partial charge in [-0.1, -0.05) is 0 Å². The molecule has 244 valence electrons. The molecule has 1 aliphatic carbocycles. The first-order valence-electron chi connectivity index (χ1n) is 13.9. The third-order valence-electron chi connectivity index (χ3n) is 7.93. The van der Waals surface area contributed by atoms with Crippen LogP contribution < -0.4 is 0 Å². The number of aliphatic carboxylic acids is 2. The summed E-state index contributed by atoms with van der Waals surface area (Å²) in [4.78, 5) is 38.9. The molecular formula is C26H37F6N5O6. The van der Waals surface area contributed by atoms with Crippen molar-refractivity contribution < 1.29 is 55.7 Å². The average molecular weight is 630 g/mol. The van der Waals surface area contributed by atoms with Crippen LogP contribution >= 0.6 is 0 Å². The van der Waals surface area contributed by atoms with Crippen molar-refractivity contribution in [1.29, 1.82) is 0 Å². The number of likely N-dealkylation sites (tertiary alicyclic amines) is 2. The van der Waals surface area contributed by atoms with Gasteiger partial charge in [0.2, 0.25) is 5.91 Å². The number of halogens is 6. The zero-order valence-electron chi connectivity index (χ0n) is 23.7. The number of alkyl halides is 6. The zero-order valence-corrected chi connectivity index (χ0v) is 23.7. The SMILES string of the molecule is Cn1cc(CN2C[C@@H]3CN(CC4CC4)CCC[C@]3(C(=O)N3CCOCC3)C2)cn1.O=C(O)C(F)(F)F.O=C(O)C(F)(F)F. The van der Waals surface area contributed by atoms with Crippen LogP contribution in [0.5, 0.6) is 0 Å². The first-order valence-corrected chi connectivity index (χ1v) is 13.9. The Kier molecular flexibility index (Phi) is 11.4. The number of aryl methyl sites for hydroxylation is 1. The number of hydrogen-bond donors (Lipinski definition) is 2. The second-order valence-corrected chi connectivity index (χ2v) is 11.4. The molecule has 1 amide bonds. The van der Waals surface area contributed by atoms with Crippen LogP contribution in [-0.4, -0.2) is 124 Å². The number of carbonyl (C=O) groups excluding carboxylic acids is 1. The van der Waals surface area contributed by atoms with Gasteiger partial charge in [0.25, 0.3) is 0 Å². The minimum absolute atomic E-state index is 0.224. The lowest BCUT2D eigenvalue weighted by Crippen LogP contribution is -2.52. The standard InChI is InChI=1S/C22H35N5O2.2C2HF3O2/c1-24-12-19(11-23-24)14-26-16-20-15-25(13-18-3-4-18)6-2-5-22(20,17-26)21(28)27-7-9-29-10-8-27;2*3-2(4,5)1(6)7/h11-12,18,20H,2-10,13-17H2,1H3;2*(H,6,7)/t20-,22-;;/m0../s1. The predicted molar refractivity (Wildman–Crippen MR) is 138 cm³/mol. The van der Waals surface area contributed by atoms with Crippen LogP contribution in [0.3, 0.4) is 0 Å². The van der Waals surface area contributed by atoms with E-state index in [4.69, 9.17) is 24.5 Å². The van der Waals surface area contributed by atoms with Crippen molar-refractivity contribution in [2.75, 3.05) is 59.0 Å². The quantitative estimate of drug-likeness (QED) is 0.473. The third kappa shape index (κ3) is 10.1. The van der Waals surface area contributed by atoms with Crippen molar-refractivity contribution in [3.8, 4) is 0 Å². The molecule has 1 aromatic rings. The predicted octanol–water partition coefficient (Wildman–Crippen LogP) is 2.47. The van der Waals surface area contributed by atoms with Gasteiger partial charge in [0.15, 0.2) is 0 Å². The number of carboxylic acids is 2. The van der Waals surface area contributed by atoms with Crippen LogP contribution in [0.25, 0.3) is 0 Å². The molecular weight excluding hydrogens is 592 g/mol. The van der Waals surface area contributed by atoms with Gasteiger partial charge in [-0.05, 0) is 44.1 Å². The number of amides is 1. The average Bonchev–Trinajstić information content (AvgIpc) is 3.59. The number of aromatic nitrogens is 2. The van der Waals surface area contributed by atoms with E-state index in [1.54, 1.807) is 0 Å². The number of carbonyl (C=O) groups is 3. The van der Waals surface area contributed by atoms with E-state index < -0.39 is 24.3 Å². The highest BCUT2D eigenvalue weighted by molar-refractivity contribution is 5.84. The van der Waals surface area contributed by atoms with E-state index in [-0.39, 0.29) is 5.41 Å². The van der Waals surface area contributed by atoms with Crippen LogP contribution in [0, 0.1) is 17.3 Å². The molecule has 1 aromatic heterocycles. The number of nitrogens with zero attached hydrogens (tertiary/aromatic N) is 5. The smallest absolute Gasteiger partial charge is 0.475 e. The number of hydrogen-bond acceptors (Lipinski definition) is 7. The maximum Gasteiger partial charge on any atom is 0.490 e.